The van der Waals surface area contributed by atoms with Crippen LogP contribution in [0.5, 0.6) is 0 Å². The van der Waals surface area contributed by atoms with Gasteiger partial charge in [-0.3, -0.25) is 4.84 Å². The maximum Gasteiger partial charge on any atom is 0.0840 e. The molecule has 0 amide bonds. The molecule has 0 unspecified atom stereocenters. The number of hydrogen-bond acceptors (Lipinski definition) is 2. The van der Waals surface area contributed by atoms with Gasteiger partial charge in [-0.1, -0.05) is 20.3 Å². The fraction of sp³-hybridized carbons (Fsp3) is 1.00. The van der Waals surface area contributed by atoms with Gasteiger partial charge in [-0.15, -0.1) is 0 Å². The van der Waals surface area contributed by atoms with Gasteiger partial charge in [-0.25, -0.2) is 5.48 Å². The fourth-order valence-corrected chi connectivity index (χ4v) is 0.921. The Morgan fingerprint density at radius 2 is 1.90 bits per heavy atom. The summed E-state index contributed by atoms with van der Waals surface area (Å²) in [6, 6.07) is 0. The number of rotatable bonds is 5. The van der Waals surface area contributed by atoms with Gasteiger partial charge >= 0.3 is 0 Å². The predicted octanol–water partition coefficient (Wildman–Crippen LogP) is 2.11. The molecule has 0 saturated carbocycles. The van der Waals surface area contributed by atoms with Crippen LogP contribution in [0.4, 0.5) is 0 Å². The Labute approximate surface area is 63.9 Å². The summed E-state index contributed by atoms with van der Waals surface area (Å²) in [5.74, 6) is 0. The molecule has 0 aliphatic heterocycles. The van der Waals surface area contributed by atoms with E-state index in [9.17, 15) is 0 Å². The summed E-state index contributed by atoms with van der Waals surface area (Å²) in [5, 5.41) is 0. The summed E-state index contributed by atoms with van der Waals surface area (Å²) in [4.78, 5) is 5.37. The van der Waals surface area contributed by atoms with E-state index in [2.05, 4.69) is 26.3 Å². The second-order valence-electron chi connectivity index (χ2n) is 3.11. The van der Waals surface area contributed by atoms with Crippen LogP contribution in [0.3, 0.4) is 0 Å². The minimum Gasteiger partial charge on any atom is -0.296 e. The highest BCUT2D eigenvalue weighted by molar-refractivity contribution is 4.65. The molecule has 0 saturated heterocycles. The van der Waals surface area contributed by atoms with E-state index in [1.165, 1.54) is 6.42 Å². The summed E-state index contributed by atoms with van der Waals surface area (Å²) < 4.78 is 0. The van der Waals surface area contributed by atoms with E-state index in [-0.39, 0.29) is 5.60 Å². The van der Waals surface area contributed by atoms with Crippen molar-refractivity contribution in [3.05, 3.63) is 0 Å². The Kier molecular flexibility index (Phi) is 4.65. The van der Waals surface area contributed by atoms with Crippen LogP contribution in [0.15, 0.2) is 0 Å². The number of hydroxylamine groups is 1. The lowest BCUT2D eigenvalue weighted by Gasteiger charge is -2.23. The van der Waals surface area contributed by atoms with Crippen LogP contribution in [0.2, 0.25) is 0 Å². The molecule has 0 bridgehead atoms. The summed E-state index contributed by atoms with van der Waals surface area (Å²) in [6.45, 7) is 9.25. The highest BCUT2D eigenvalue weighted by atomic mass is 16.7. The molecule has 10 heavy (non-hydrogen) atoms. The SMILES string of the molecule is CCCC(C)(C)ONCC. The van der Waals surface area contributed by atoms with Crippen LogP contribution in [0.25, 0.3) is 0 Å². The quantitative estimate of drug-likeness (QED) is 0.598. The standard InChI is InChI=1S/C8H19NO/c1-5-7-8(3,4)10-9-6-2/h9H,5-7H2,1-4H3. The zero-order chi connectivity index (χ0) is 8.04. The van der Waals surface area contributed by atoms with Crippen molar-refractivity contribution in [1.29, 1.82) is 0 Å². The van der Waals surface area contributed by atoms with E-state index in [1.54, 1.807) is 0 Å². The van der Waals surface area contributed by atoms with Crippen LogP contribution < -0.4 is 5.48 Å². The molecule has 0 heterocycles. The molecule has 2 nitrogen and oxygen atoms in total. The molecular formula is C8H19NO. The van der Waals surface area contributed by atoms with E-state index in [0.29, 0.717) is 0 Å². The Bertz CT molecular complexity index is 81.3. The average molecular weight is 145 g/mol. The molecular weight excluding hydrogens is 126 g/mol. The Morgan fingerprint density at radius 3 is 2.30 bits per heavy atom. The zero-order valence-corrected chi connectivity index (χ0v) is 7.53. The average Bonchev–Trinajstić information content (AvgIpc) is 1.84. The second-order valence-corrected chi connectivity index (χ2v) is 3.11. The predicted molar refractivity (Wildman–Crippen MR) is 43.7 cm³/mol. The van der Waals surface area contributed by atoms with Gasteiger partial charge in [-0.2, -0.15) is 0 Å². The smallest absolute Gasteiger partial charge is 0.0840 e. The maximum absolute atomic E-state index is 5.37. The first-order chi connectivity index (χ1) is 4.62. The number of hydrogen-bond donors (Lipinski definition) is 1. The summed E-state index contributed by atoms with van der Waals surface area (Å²) >= 11 is 0. The second kappa shape index (κ2) is 4.69. The molecule has 0 aromatic carbocycles. The first-order valence-corrected chi connectivity index (χ1v) is 4.03. The van der Waals surface area contributed by atoms with Gasteiger partial charge < -0.3 is 0 Å². The minimum atomic E-state index is -0.00917. The number of nitrogens with one attached hydrogen (secondary N) is 1. The van der Waals surface area contributed by atoms with Gasteiger partial charge in [0.2, 0.25) is 0 Å². The van der Waals surface area contributed by atoms with Crippen LogP contribution in [0, 0.1) is 0 Å². The molecule has 2 heteroatoms. The van der Waals surface area contributed by atoms with E-state index in [1.807, 2.05) is 6.92 Å². The Morgan fingerprint density at radius 1 is 1.30 bits per heavy atom. The molecule has 0 aromatic rings. The maximum atomic E-state index is 5.37. The first kappa shape index (κ1) is 9.92. The summed E-state index contributed by atoms with van der Waals surface area (Å²) in [7, 11) is 0. The van der Waals surface area contributed by atoms with Crippen LogP contribution in [-0.2, 0) is 4.84 Å². The molecule has 0 aliphatic rings. The van der Waals surface area contributed by atoms with Gasteiger partial charge in [0, 0.05) is 6.54 Å². The lowest BCUT2D eigenvalue weighted by atomic mass is 10.0. The minimum absolute atomic E-state index is 0.00917. The molecule has 0 radical (unpaired) electrons. The third-order valence-electron chi connectivity index (χ3n) is 1.34. The van der Waals surface area contributed by atoms with E-state index >= 15 is 0 Å². The third-order valence-corrected chi connectivity index (χ3v) is 1.34. The molecule has 0 spiro atoms. The molecule has 0 rings (SSSR count). The van der Waals surface area contributed by atoms with E-state index < -0.39 is 0 Å². The Hall–Kier alpha value is -0.0800. The molecule has 1 N–H and O–H groups in total. The molecule has 0 fully saturated rings. The van der Waals surface area contributed by atoms with Crippen molar-refractivity contribution in [2.75, 3.05) is 6.54 Å². The monoisotopic (exact) mass is 145 g/mol. The van der Waals surface area contributed by atoms with Crippen molar-refractivity contribution in [2.45, 2.75) is 46.1 Å². The topological polar surface area (TPSA) is 21.3 Å². The van der Waals surface area contributed by atoms with Crippen molar-refractivity contribution in [3.8, 4) is 0 Å². The van der Waals surface area contributed by atoms with Gasteiger partial charge in [0.1, 0.15) is 0 Å². The molecule has 0 aliphatic carbocycles. The van der Waals surface area contributed by atoms with Crippen LogP contribution in [-0.4, -0.2) is 12.1 Å². The molecule has 0 aromatic heterocycles. The fourth-order valence-electron chi connectivity index (χ4n) is 0.921. The third kappa shape index (κ3) is 4.77. The van der Waals surface area contributed by atoms with Gasteiger partial charge in [0.05, 0.1) is 5.60 Å². The summed E-state index contributed by atoms with van der Waals surface area (Å²) in [5.41, 5.74) is 2.86. The molecule has 0 atom stereocenters. The van der Waals surface area contributed by atoms with Gasteiger partial charge in [0.25, 0.3) is 0 Å². The van der Waals surface area contributed by atoms with Gasteiger partial charge in [0.15, 0.2) is 0 Å². The lowest BCUT2D eigenvalue weighted by Crippen LogP contribution is -2.31. The van der Waals surface area contributed by atoms with Crippen LogP contribution >= 0.6 is 0 Å². The van der Waals surface area contributed by atoms with Crippen molar-refractivity contribution in [1.82, 2.24) is 5.48 Å². The lowest BCUT2D eigenvalue weighted by molar-refractivity contribution is -0.0867. The zero-order valence-electron chi connectivity index (χ0n) is 7.53. The van der Waals surface area contributed by atoms with E-state index in [0.717, 1.165) is 13.0 Å². The molecule has 62 valence electrons. The normalized spacial score (nSPS) is 12.0. The van der Waals surface area contributed by atoms with Crippen molar-refractivity contribution < 1.29 is 4.84 Å². The van der Waals surface area contributed by atoms with Crippen LogP contribution in [0.1, 0.15) is 40.5 Å². The van der Waals surface area contributed by atoms with Crippen molar-refractivity contribution >= 4 is 0 Å². The van der Waals surface area contributed by atoms with Crippen molar-refractivity contribution in [3.63, 3.8) is 0 Å². The van der Waals surface area contributed by atoms with E-state index in [4.69, 9.17) is 4.84 Å². The Balaban J connectivity index is 3.42. The first-order valence-electron chi connectivity index (χ1n) is 4.03. The van der Waals surface area contributed by atoms with Crippen molar-refractivity contribution in [2.24, 2.45) is 0 Å². The largest absolute Gasteiger partial charge is 0.296 e. The summed E-state index contributed by atoms with van der Waals surface area (Å²) in [6.07, 6.45) is 2.26. The van der Waals surface area contributed by atoms with Gasteiger partial charge in [-0.05, 0) is 20.3 Å². The highest BCUT2D eigenvalue weighted by Gasteiger charge is 2.16. The highest BCUT2D eigenvalue weighted by Crippen LogP contribution is 2.13.